The highest BCUT2D eigenvalue weighted by molar-refractivity contribution is 6.46. The van der Waals surface area contributed by atoms with Crippen molar-refractivity contribution in [3.8, 4) is 5.75 Å². The summed E-state index contributed by atoms with van der Waals surface area (Å²) in [5, 5.41) is 13.0. The summed E-state index contributed by atoms with van der Waals surface area (Å²) >= 11 is 0. The fourth-order valence-electron chi connectivity index (χ4n) is 2.59. The predicted octanol–water partition coefficient (Wildman–Crippen LogP) is 1.57. The number of amides is 1. The number of hydrogen-bond donors (Lipinski definition) is 2. The van der Waals surface area contributed by atoms with Crippen LogP contribution in [0.15, 0.2) is 18.2 Å². The van der Waals surface area contributed by atoms with Crippen molar-refractivity contribution in [1.82, 2.24) is 5.32 Å². The highest BCUT2D eigenvalue weighted by atomic mass is 16.5. The zero-order valence-electron chi connectivity index (χ0n) is 13.5. The average Bonchev–Trinajstić information content (AvgIpc) is 2.53. The lowest BCUT2D eigenvalue weighted by atomic mass is 9.66. The minimum atomic E-state index is -1.07. The van der Waals surface area contributed by atoms with Crippen molar-refractivity contribution in [3.63, 3.8) is 0 Å². The lowest BCUT2D eigenvalue weighted by molar-refractivity contribution is -0.121. The molecule has 1 atom stereocenters. The number of carbonyl (C=O) groups is 2. The molecule has 1 heterocycles. The molecule has 0 bridgehead atoms. The van der Waals surface area contributed by atoms with E-state index in [-0.39, 0.29) is 18.3 Å². The zero-order valence-corrected chi connectivity index (χ0v) is 13.5. The van der Waals surface area contributed by atoms with E-state index in [0.29, 0.717) is 30.7 Å². The standard InChI is InChI=1S/C16H22BNO5/c1-3-6-14(19)18-10-12-9-11-7-5-8-13(16(20)22-4-2)15(11)23-17(12)21/h5,7-8,12,21H,3-4,6,9-10H2,1-2H3,(H,18,19)/t12-/m1/s1. The average molecular weight is 319 g/mol. The van der Waals surface area contributed by atoms with E-state index in [4.69, 9.17) is 9.39 Å². The number of para-hydroxylation sites is 1. The first kappa shape index (κ1) is 17.3. The van der Waals surface area contributed by atoms with Gasteiger partial charge in [-0.05, 0) is 31.4 Å². The van der Waals surface area contributed by atoms with Gasteiger partial charge in [0.15, 0.2) is 0 Å². The van der Waals surface area contributed by atoms with E-state index in [1.54, 1.807) is 19.1 Å². The molecule has 124 valence electrons. The second-order valence-electron chi connectivity index (χ2n) is 5.54. The molecule has 1 aromatic carbocycles. The topological polar surface area (TPSA) is 84.9 Å². The van der Waals surface area contributed by atoms with Crippen molar-refractivity contribution in [1.29, 1.82) is 0 Å². The molecule has 1 aliphatic rings. The fraction of sp³-hybridized carbons (Fsp3) is 0.500. The Bertz CT molecular complexity index is 578. The minimum Gasteiger partial charge on any atom is -0.535 e. The smallest absolute Gasteiger partial charge is 0.528 e. The fourth-order valence-corrected chi connectivity index (χ4v) is 2.59. The Morgan fingerprint density at radius 1 is 1.43 bits per heavy atom. The normalized spacial score (nSPS) is 16.3. The van der Waals surface area contributed by atoms with Gasteiger partial charge in [-0.25, -0.2) is 4.79 Å². The second kappa shape index (κ2) is 8.01. The Labute approximate surface area is 136 Å². The maximum Gasteiger partial charge on any atom is 0.528 e. The summed E-state index contributed by atoms with van der Waals surface area (Å²) < 4.78 is 10.5. The first-order valence-electron chi connectivity index (χ1n) is 7.97. The highest BCUT2D eigenvalue weighted by Crippen LogP contribution is 2.34. The summed E-state index contributed by atoms with van der Waals surface area (Å²) in [4.78, 5) is 23.5. The molecule has 7 heteroatoms. The Kier molecular flexibility index (Phi) is 6.04. The molecule has 1 aliphatic heterocycles. The first-order chi connectivity index (χ1) is 11.1. The van der Waals surface area contributed by atoms with Crippen LogP contribution in [0.3, 0.4) is 0 Å². The van der Waals surface area contributed by atoms with E-state index in [1.807, 2.05) is 13.0 Å². The van der Waals surface area contributed by atoms with Gasteiger partial charge in [0.25, 0.3) is 0 Å². The van der Waals surface area contributed by atoms with Gasteiger partial charge in [0.05, 0.1) is 6.61 Å². The van der Waals surface area contributed by atoms with E-state index in [2.05, 4.69) is 5.32 Å². The van der Waals surface area contributed by atoms with Gasteiger partial charge < -0.3 is 19.7 Å². The molecule has 6 nitrogen and oxygen atoms in total. The Balaban J connectivity index is 2.09. The van der Waals surface area contributed by atoms with Gasteiger partial charge in [-0.15, -0.1) is 0 Å². The number of nitrogens with one attached hydrogen (secondary N) is 1. The van der Waals surface area contributed by atoms with Gasteiger partial charge in [0.2, 0.25) is 5.91 Å². The maximum atomic E-state index is 12.0. The molecular formula is C16H22BNO5. The number of ether oxygens (including phenoxy) is 1. The Morgan fingerprint density at radius 3 is 2.91 bits per heavy atom. The third kappa shape index (κ3) is 4.25. The summed E-state index contributed by atoms with van der Waals surface area (Å²) in [5.74, 6) is -0.382. The van der Waals surface area contributed by atoms with Crippen LogP contribution in [0, 0.1) is 0 Å². The van der Waals surface area contributed by atoms with Crippen molar-refractivity contribution >= 4 is 19.0 Å². The Morgan fingerprint density at radius 2 is 2.22 bits per heavy atom. The summed E-state index contributed by atoms with van der Waals surface area (Å²) in [5.41, 5.74) is 1.15. The molecule has 0 aliphatic carbocycles. The van der Waals surface area contributed by atoms with Gasteiger partial charge in [0.1, 0.15) is 11.3 Å². The molecule has 1 amide bonds. The summed E-state index contributed by atoms with van der Waals surface area (Å²) in [7, 11) is -1.07. The van der Waals surface area contributed by atoms with Gasteiger partial charge >= 0.3 is 13.1 Å². The highest BCUT2D eigenvalue weighted by Gasteiger charge is 2.36. The third-order valence-electron chi connectivity index (χ3n) is 3.75. The molecule has 0 unspecified atom stereocenters. The molecule has 0 spiro atoms. The van der Waals surface area contributed by atoms with E-state index in [1.165, 1.54) is 0 Å². The molecule has 0 fully saturated rings. The van der Waals surface area contributed by atoms with Crippen molar-refractivity contribution < 1.29 is 24.0 Å². The predicted molar refractivity (Wildman–Crippen MR) is 86.4 cm³/mol. The molecule has 1 aromatic rings. The molecule has 23 heavy (non-hydrogen) atoms. The van der Waals surface area contributed by atoms with Crippen molar-refractivity contribution in [3.05, 3.63) is 29.3 Å². The quantitative estimate of drug-likeness (QED) is 0.614. The summed E-state index contributed by atoms with van der Waals surface area (Å²) in [6.07, 6.45) is 1.77. The monoisotopic (exact) mass is 319 g/mol. The maximum absolute atomic E-state index is 12.0. The number of rotatable bonds is 6. The van der Waals surface area contributed by atoms with E-state index in [0.717, 1.165) is 12.0 Å². The van der Waals surface area contributed by atoms with Gasteiger partial charge in [-0.1, -0.05) is 19.1 Å². The van der Waals surface area contributed by atoms with Crippen LogP contribution in [0.4, 0.5) is 0 Å². The van der Waals surface area contributed by atoms with Gasteiger partial charge in [0, 0.05) is 18.8 Å². The van der Waals surface area contributed by atoms with E-state index in [9.17, 15) is 14.6 Å². The SMILES string of the molecule is CCCC(=O)NC[C@H]1Cc2cccc(C(=O)OCC)c2OB1O. The molecule has 0 saturated carbocycles. The van der Waals surface area contributed by atoms with Crippen LogP contribution in [-0.2, 0) is 16.0 Å². The molecule has 0 saturated heterocycles. The largest absolute Gasteiger partial charge is 0.535 e. The van der Waals surface area contributed by atoms with Gasteiger partial charge in [-0.3, -0.25) is 4.79 Å². The van der Waals surface area contributed by atoms with Crippen molar-refractivity contribution in [2.45, 2.75) is 38.9 Å². The van der Waals surface area contributed by atoms with E-state index < -0.39 is 13.1 Å². The summed E-state index contributed by atoms with van der Waals surface area (Å²) in [6.45, 7) is 4.28. The zero-order chi connectivity index (χ0) is 16.8. The number of esters is 1. The van der Waals surface area contributed by atoms with Crippen molar-refractivity contribution in [2.75, 3.05) is 13.2 Å². The number of benzene rings is 1. The van der Waals surface area contributed by atoms with Crippen molar-refractivity contribution in [2.24, 2.45) is 0 Å². The number of carbonyl (C=O) groups excluding carboxylic acids is 2. The van der Waals surface area contributed by atoms with Crippen LogP contribution in [0.5, 0.6) is 5.75 Å². The van der Waals surface area contributed by atoms with E-state index >= 15 is 0 Å². The number of hydrogen-bond acceptors (Lipinski definition) is 5. The minimum absolute atomic E-state index is 0.0363. The number of fused-ring (bicyclic) bond motifs is 1. The first-order valence-corrected chi connectivity index (χ1v) is 7.97. The van der Waals surface area contributed by atoms with Crippen LogP contribution in [0.2, 0.25) is 5.82 Å². The van der Waals surface area contributed by atoms with Crippen LogP contribution >= 0.6 is 0 Å². The van der Waals surface area contributed by atoms with Crippen LogP contribution in [-0.4, -0.2) is 37.2 Å². The molecule has 2 rings (SSSR count). The molecule has 2 N–H and O–H groups in total. The second-order valence-corrected chi connectivity index (χ2v) is 5.54. The lowest BCUT2D eigenvalue weighted by Gasteiger charge is -2.28. The van der Waals surface area contributed by atoms with Crippen LogP contribution in [0.1, 0.15) is 42.6 Å². The molecular weight excluding hydrogens is 297 g/mol. The van der Waals surface area contributed by atoms with Crippen LogP contribution in [0.25, 0.3) is 0 Å². The Hall–Kier alpha value is -2.02. The summed E-state index contributed by atoms with van der Waals surface area (Å²) in [6, 6.07) is 5.23. The molecule has 0 aromatic heterocycles. The van der Waals surface area contributed by atoms with Gasteiger partial charge in [-0.2, -0.15) is 0 Å². The van der Waals surface area contributed by atoms with Crippen LogP contribution < -0.4 is 9.97 Å². The molecule has 0 radical (unpaired) electrons. The third-order valence-corrected chi connectivity index (χ3v) is 3.75. The lowest BCUT2D eigenvalue weighted by Crippen LogP contribution is -2.41.